The van der Waals surface area contributed by atoms with Crippen molar-refractivity contribution in [2.75, 3.05) is 32.7 Å². The molecule has 0 spiro atoms. The predicted octanol–water partition coefficient (Wildman–Crippen LogP) is 1.43. The van der Waals surface area contributed by atoms with E-state index in [-0.39, 0.29) is 5.91 Å². The van der Waals surface area contributed by atoms with Gasteiger partial charge in [-0.2, -0.15) is 0 Å². The number of likely N-dealkylation sites (N-methyl/N-ethyl adjacent to an activating group) is 1. The highest BCUT2D eigenvalue weighted by molar-refractivity contribution is 6.33. The zero-order valence-corrected chi connectivity index (χ0v) is 10.6. The number of rotatable bonds is 5. The zero-order valence-electron chi connectivity index (χ0n) is 9.83. The standard InChI is InChI=1S/C11H16ClN3O2/c1-15(2)6-5-13-11(16)8-3-4-9(12)10(7-8)14-17/h3-4,7,14,17H,5-6H2,1-2H3,(H,13,16). The maximum absolute atomic E-state index is 11.7. The van der Waals surface area contributed by atoms with E-state index in [4.69, 9.17) is 16.8 Å². The first-order valence-corrected chi connectivity index (χ1v) is 5.55. The lowest BCUT2D eigenvalue weighted by molar-refractivity contribution is 0.0951. The summed E-state index contributed by atoms with van der Waals surface area (Å²) in [5.41, 5.74) is 2.71. The first-order valence-electron chi connectivity index (χ1n) is 5.17. The van der Waals surface area contributed by atoms with Gasteiger partial charge in [-0.05, 0) is 32.3 Å². The molecule has 1 amide bonds. The Hall–Kier alpha value is -1.30. The molecule has 0 aliphatic rings. The summed E-state index contributed by atoms with van der Waals surface area (Å²) in [6.45, 7) is 1.33. The Kier molecular flexibility index (Phi) is 5.21. The van der Waals surface area contributed by atoms with Gasteiger partial charge in [-0.15, -0.1) is 0 Å². The minimum atomic E-state index is -0.194. The van der Waals surface area contributed by atoms with Gasteiger partial charge in [0.15, 0.2) is 0 Å². The van der Waals surface area contributed by atoms with E-state index in [1.165, 1.54) is 6.07 Å². The van der Waals surface area contributed by atoms with Crippen LogP contribution in [0.4, 0.5) is 5.69 Å². The highest BCUT2D eigenvalue weighted by atomic mass is 35.5. The number of carbonyl (C=O) groups is 1. The van der Waals surface area contributed by atoms with Crippen LogP contribution in [0, 0.1) is 0 Å². The smallest absolute Gasteiger partial charge is 0.251 e. The lowest BCUT2D eigenvalue weighted by Gasteiger charge is -2.11. The van der Waals surface area contributed by atoms with E-state index in [1.807, 2.05) is 24.5 Å². The SMILES string of the molecule is CN(C)CCNC(=O)c1ccc(Cl)c(NO)c1. The fourth-order valence-electron chi connectivity index (χ4n) is 1.25. The molecule has 1 aromatic carbocycles. The number of benzene rings is 1. The third-order valence-electron chi connectivity index (χ3n) is 2.19. The number of carbonyl (C=O) groups excluding carboxylic acids is 1. The fraction of sp³-hybridized carbons (Fsp3) is 0.364. The molecule has 0 saturated carbocycles. The molecule has 0 unspecified atom stereocenters. The van der Waals surface area contributed by atoms with Crippen LogP contribution in [-0.4, -0.2) is 43.2 Å². The summed E-state index contributed by atoms with van der Waals surface area (Å²) in [6, 6.07) is 4.66. The number of hydrogen-bond acceptors (Lipinski definition) is 4. The first kappa shape index (κ1) is 13.8. The molecule has 0 radical (unpaired) electrons. The Morgan fingerprint density at radius 1 is 1.47 bits per heavy atom. The maximum Gasteiger partial charge on any atom is 0.251 e. The Bertz CT molecular complexity index is 396. The molecule has 0 aromatic heterocycles. The van der Waals surface area contributed by atoms with Gasteiger partial charge in [-0.25, -0.2) is 0 Å². The van der Waals surface area contributed by atoms with E-state index >= 15 is 0 Å². The van der Waals surface area contributed by atoms with Crippen molar-refractivity contribution in [1.82, 2.24) is 10.2 Å². The van der Waals surface area contributed by atoms with E-state index < -0.39 is 0 Å². The second-order valence-corrected chi connectivity index (χ2v) is 4.27. The monoisotopic (exact) mass is 257 g/mol. The summed E-state index contributed by atoms with van der Waals surface area (Å²) < 4.78 is 0. The van der Waals surface area contributed by atoms with Crippen LogP contribution in [-0.2, 0) is 0 Å². The van der Waals surface area contributed by atoms with E-state index in [1.54, 1.807) is 12.1 Å². The van der Waals surface area contributed by atoms with E-state index in [9.17, 15) is 4.79 Å². The summed E-state index contributed by atoms with van der Waals surface area (Å²) >= 11 is 5.79. The molecule has 6 heteroatoms. The highest BCUT2D eigenvalue weighted by Gasteiger charge is 2.08. The third kappa shape index (κ3) is 4.22. The van der Waals surface area contributed by atoms with Crippen LogP contribution in [0.3, 0.4) is 0 Å². The van der Waals surface area contributed by atoms with Gasteiger partial charge in [-0.3, -0.25) is 15.5 Å². The van der Waals surface area contributed by atoms with E-state index in [0.717, 1.165) is 6.54 Å². The molecule has 17 heavy (non-hydrogen) atoms. The van der Waals surface area contributed by atoms with Gasteiger partial charge >= 0.3 is 0 Å². The molecular weight excluding hydrogens is 242 g/mol. The molecule has 0 heterocycles. The van der Waals surface area contributed by atoms with Crippen molar-refractivity contribution in [3.63, 3.8) is 0 Å². The topological polar surface area (TPSA) is 64.6 Å². The number of hydrogen-bond donors (Lipinski definition) is 3. The van der Waals surface area contributed by atoms with Crippen molar-refractivity contribution in [2.45, 2.75) is 0 Å². The Morgan fingerprint density at radius 3 is 2.76 bits per heavy atom. The molecule has 1 aromatic rings. The molecule has 0 saturated heterocycles. The first-order chi connectivity index (χ1) is 8.04. The average molecular weight is 258 g/mol. The summed E-state index contributed by atoms with van der Waals surface area (Å²) in [5, 5.41) is 11.9. The highest BCUT2D eigenvalue weighted by Crippen LogP contribution is 2.22. The van der Waals surface area contributed by atoms with Crippen LogP contribution < -0.4 is 10.8 Å². The fourth-order valence-corrected chi connectivity index (χ4v) is 1.41. The summed E-state index contributed by atoms with van der Waals surface area (Å²) in [4.78, 5) is 13.7. The molecule has 94 valence electrons. The molecule has 1 rings (SSSR count). The molecule has 3 N–H and O–H groups in total. The number of anilines is 1. The Labute approximate surface area is 105 Å². The summed E-state index contributed by atoms with van der Waals surface area (Å²) in [6.07, 6.45) is 0. The number of halogens is 1. The molecule has 0 bridgehead atoms. The minimum absolute atomic E-state index is 0.194. The average Bonchev–Trinajstić information content (AvgIpc) is 2.29. The molecule has 5 nitrogen and oxygen atoms in total. The van der Waals surface area contributed by atoms with Crippen LogP contribution >= 0.6 is 11.6 Å². The second kappa shape index (κ2) is 6.44. The molecule has 0 aliphatic heterocycles. The maximum atomic E-state index is 11.7. The Balaban J connectivity index is 2.63. The minimum Gasteiger partial charge on any atom is -0.351 e. The van der Waals surface area contributed by atoms with Gasteiger partial charge in [-0.1, -0.05) is 11.6 Å². The van der Waals surface area contributed by atoms with Gasteiger partial charge in [0.1, 0.15) is 0 Å². The van der Waals surface area contributed by atoms with Gasteiger partial charge in [0.05, 0.1) is 10.7 Å². The van der Waals surface area contributed by atoms with Gasteiger partial charge < -0.3 is 10.2 Å². The van der Waals surface area contributed by atoms with Gasteiger partial charge in [0.2, 0.25) is 0 Å². The van der Waals surface area contributed by atoms with Gasteiger partial charge in [0.25, 0.3) is 5.91 Å². The molecular formula is C11H16ClN3O2. The van der Waals surface area contributed by atoms with Crippen molar-refractivity contribution in [1.29, 1.82) is 0 Å². The quantitative estimate of drug-likeness (QED) is 0.699. The molecule has 0 aliphatic carbocycles. The van der Waals surface area contributed by atoms with Crippen molar-refractivity contribution in [3.8, 4) is 0 Å². The van der Waals surface area contributed by atoms with Gasteiger partial charge in [0, 0.05) is 18.7 Å². The van der Waals surface area contributed by atoms with Crippen LogP contribution in [0.2, 0.25) is 5.02 Å². The van der Waals surface area contributed by atoms with Crippen LogP contribution in [0.1, 0.15) is 10.4 Å². The lowest BCUT2D eigenvalue weighted by Crippen LogP contribution is -2.31. The van der Waals surface area contributed by atoms with Crippen LogP contribution in [0.5, 0.6) is 0 Å². The number of amides is 1. The van der Waals surface area contributed by atoms with Crippen LogP contribution in [0.15, 0.2) is 18.2 Å². The summed E-state index contributed by atoms with van der Waals surface area (Å²) in [7, 11) is 3.87. The van der Waals surface area contributed by atoms with E-state index in [2.05, 4.69) is 5.32 Å². The summed E-state index contributed by atoms with van der Waals surface area (Å²) in [5.74, 6) is -0.194. The van der Waals surface area contributed by atoms with E-state index in [0.29, 0.717) is 22.8 Å². The second-order valence-electron chi connectivity index (χ2n) is 3.87. The largest absolute Gasteiger partial charge is 0.351 e. The lowest BCUT2D eigenvalue weighted by atomic mass is 10.2. The van der Waals surface area contributed by atoms with Crippen LogP contribution in [0.25, 0.3) is 0 Å². The molecule has 0 fully saturated rings. The third-order valence-corrected chi connectivity index (χ3v) is 2.52. The van der Waals surface area contributed by atoms with Crippen molar-refractivity contribution < 1.29 is 10.0 Å². The number of nitrogens with zero attached hydrogens (tertiary/aromatic N) is 1. The van der Waals surface area contributed by atoms with Crippen molar-refractivity contribution >= 4 is 23.2 Å². The number of nitrogens with one attached hydrogen (secondary N) is 2. The predicted molar refractivity (Wildman–Crippen MR) is 67.7 cm³/mol. The normalized spacial score (nSPS) is 10.4. The Morgan fingerprint density at radius 2 is 2.18 bits per heavy atom. The zero-order chi connectivity index (χ0) is 12.8. The molecule has 0 atom stereocenters. The van der Waals surface area contributed by atoms with Crippen molar-refractivity contribution in [2.24, 2.45) is 0 Å². The van der Waals surface area contributed by atoms with Crippen molar-refractivity contribution in [3.05, 3.63) is 28.8 Å².